The van der Waals surface area contributed by atoms with E-state index >= 15 is 0 Å². The molecule has 0 radical (unpaired) electrons. The number of carbonyl (C=O) groups is 1. The van der Waals surface area contributed by atoms with Crippen LogP contribution in [-0.4, -0.2) is 5.97 Å². The van der Waals surface area contributed by atoms with Gasteiger partial charge in [-0.1, -0.05) is 6.92 Å². The minimum atomic E-state index is -0.687. The van der Waals surface area contributed by atoms with Gasteiger partial charge < -0.3 is 13.6 Å². The number of rotatable bonds is 3. The lowest BCUT2D eigenvalue weighted by molar-refractivity contribution is 0.0658. The summed E-state index contributed by atoms with van der Waals surface area (Å²) in [5, 5.41) is 9.06. The molecule has 0 spiro atoms. The van der Waals surface area contributed by atoms with Crippen molar-refractivity contribution >= 4 is 5.97 Å². The molecule has 18 heavy (non-hydrogen) atoms. The summed E-state index contributed by atoms with van der Waals surface area (Å²) in [6, 6.07) is 5.04. The van der Waals surface area contributed by atoms with E-state index in [1.165, 1.54) is 12.3 Å². The highest BCUT2D eigenvalue weighted by molar-refractivity contribution is 5.88. The molecule has 0 saturated heterocycles. The molecule has 0 fully saturated rings. The van der Waals surface area contributed by atoms with Gasteiger partial charge in [-0.15, -0.1) is 0 Å². The Labute approximate surface area is 104 Å². The second-order valence-electron chi connectivity index (χ2n) is 3.63. The molecule has 0 aliphatic rings. The fourth-order valence-corrected chi connectivity index (χ4v) is 1.69. The summed E-state index contributed by atoms with van der Waals surface area (Å²) in [6.07, 6.45) is 2.00. The van der Waals surface area contributed by atoms with Crippen LogP contribution in [0.25, 0.3) is 0 Å². The molecule has 2 heterocycles. The molecule has 0 atom stereocenters. The minimum absolute atomic E-state index is 0.0611. The normalized spacial score (nSPS) is 10.1. The first-order valence-corrected chi connectivity index (χ1v) is 5.45. The van der Waals surface area contributed by atoms with Crippen molar-refractivity contribution in [3.8, 4) is 12.0 Å². The zero-order valence-corrected chi connectivity index (χ0v) is 10.0. The second kappa shape index (κ2) is 4.80. The monoisotopic (exact) mass is 245 g/mol. The van der Waals surface area contributed by atoms with Gasteiger partial charge in [-0.2, -0.15) is 5.26 Å². The van der Waals surface area contributed by atoms with Crippen LogP contribution >= 0.6 is 0 Å². The zero-order chi connectivity index (χ0) is 13.1. The van der Waals surface area contributed by atoms with Gasteiger partial charge in [0.2, 0.25) is 5.76 Å². The van der Waals surface area contributed by atoms with Crippen LogP contribution in [0.15, 0.2) is 27.2 Å². The van der Waals surface area contributed by atoms with E-state index in [0.717, 1.165) is 5.56 Å². The molecule has 2 aromatic rings. The van der Waals surface area contributed by atoms with E-state index in [9.17, 15) is 4.79 Å². The second-order valence-corrected chi connectivity index (χ2v) is 3.63. The SMILES string of the molecule is CCc1c(C)oc(OC(=O)c2ccco2)c1C#N. The Morgan fingerprint density at radius 2 is 2.33 bits per heavy atom. The first-order valence-electron chi connectivity index (χ1n) is 5.45. The molecule has 0 aliphatic carbocycles. The van der Waals surface area contributed by atoms with Crippen LogP contribution in [-0.2, 0) is 6.42 Å². The van der Waals surface area contributed by atoms with Crippen molar-refractivity contribution in [2.24, 2.45) is 0 Å². The minimum Gasteiger partial charge on any atom is -0.457 e. The van der Waals surface area contributed by atoms with Gasteiger partial charge in [0.15, 0.2) is 0 Å². The number of carbonyl (C=O) groups excluding carboxylic acids is 1. The molecule has 0 saturated carbocycles. The topological polar surface area (TPSA) is 76.4 Å². The quantitative estimate of drug-likeness (QED) is 0.777. The summed E-state index contributed by atoms with van der Waals surface area (Å²) in [5.41, 5.74) is 1.01. The molecule has 0 unspecified atom stereocenters. The summed E-state index contributed by atoms with van der Waals surface area (Å²) in [6.45, 7) is 3.63. The standard InChI is InChI=1S/C13H11NO4/c1-3-9-8(2)17-13(10(9)7-14)18-12(15)11-5-4-6-16-11/h4-6H,3H2,1-2H3. The van der Waals surface area contributed by atoms with Gasteiger partial charge in [0.05, 0.1) is 6.26 Å². The molecule has 5 heteroatoms. The van der Waals surface area contributed by atoms with Gasteiger partial charge in [-0.25, -0.2) is 4.79 Å². The van der Waals surface area contributed by atoms with Crippen molar-refractivity contribution in [1.82, 2.24) is 0 Å². The third-order valence-corrected chi connectivity index (χ3v) is 2.55. The highest BCUT2D eigenvalue weighted by Crippen LogP contribution is 2.29. The fraction of sp³-hybridized carbons (Fsp3) is 0.231. The Kier molecular flexibility index (Phi) is 3.20. The Morgan fingerprint density at radius 1 is 1.56 bits per heavy atom. The van der Waals surface area contributed by atoms with Crippen molar-refractivity contribution in [3.63, 3.8) is 0 Å². The molecule has 0 aromatic carbocycles. The van der Waals surface area contributed by atoms with E-state index in [-0.39, 0.29) is 17.3 Å². The van der Waals surface area contributed by atoms with E-state index in [4.69, 9.17) is 18.8 Å². The van der Waals surface area contributed by atoms with Crippen molar-refractivity contribution in [2.45, 2.75) is 20.3 Å². The first kappa shape index (κ1) is 12.0. The van der Waals surface area contributed by atoms with Crippen molar-refractivity contribution in [2.75, 3.05) is 0 Å². The van der Waals surface area contributed by atoms with Crippen LogP contribution in [0, 0.1) is 18.3 Å². The molecule has 2 aromatic heterocycles. The predicted octanol–water partition coefficient (Wildman–Crippen LogP) is 2.83. The Hall–Kier alpha value is -2.48. The van der Waals surface area contributed by atoms with Crippen molar-refractivity contribution < 1.29 is 18.4 Å². The number of nitrogens with zero attached hydrogens (tertiary/aromatic N) is 1. The van der Waals surface area contributed by atoms with Crippen LogP contribution in [0.3, 0.4) is 0 Å². The number of esters is 1. The van der Waals surface area contributed by atoms with E-state index < -0.39 is 5.97 Å². The summed E-state index contributed by atoms with van der Waals surface area (Å²) in [7, 11) is 0. The van der Waals surface area contributed by atoms with E-state index in [1.54, 1.807) is 13.0 Å². The summed E-state index contributed by atoms with van der Waals surface area (Å²) >= 11 is 0. The average Bonchev–Trinajstić information content (AvgIpc) is 2.96. The summed E-state index contributed by atoms with van der Waals surface area (Å²) < 4.78 is 15.2. The highest BCUT2D eigenvalue weighted by Gasteiger charge is 2.22. The molecule has 5 nitrogen and oxygen atoms in total. The number of hydrogen-bond donors (Lipinski definition) is 0. The zero-order valence-electron chi connectivity index (χ0n) is 10.0. The maximum Gasteiger partial charge on any atom is 0.382 e. The lowest BCUT2D eigenvalue weighted by atomic mass is 10.1. The first-order chi connectivity index (χ1) is 8.67. The van der Waals surface area contributed by atoms with E-state index in [2.05, 4.69) is 0 Å². The van der Waals surface area contributed by atoms with Crippen LogP contribution in [0.1, 0.15) is 34.4 Å². The van der Waals surface area contributed by atoms with Crippen LogP contribution in [0.4, 0.5) is 0 Å². The molecule has 0 aliphatic heterocycles. The largest absolute Gasteiger partial charge is 0.457 e. The highest BCUT2D eigenvalue weighted by atomic mass is 16.6. The van der Waals surface area contributed by atoms with Gasteiger partial charge in [-0.05, 0) is 25.5 Å². The number of hydrogen-bond acceptors (Lipinski definition) is 5. The molecule has 2 rings (SSSR count). The van der Waals surface area contributed by atoms with E-state index in [1.807, 2.05) is 13.0 Å². The smallest absolute Gasteiger partial charge is 0.382 e. The predicted molar refractivity (Wildman–Crippen MR) is 61.2 cm³/mol. The summed E-state index contributed by atoms with van der Waals surface area (Å²) in [4.78, 5) is 11.7. The Bertz CT molecular complexity index is 602. The number of aryl methyl sites for hydroxylation is 1. The van der Waals surface area contributed by atoms with Crippen LogP contribution in [0.2, 0.25) is 0 Å². The van der Waals surface area contributed by atoms with E-state index in [0.29, 0.717) is 12.2 Å². The third-order valence-electron chi connectivity index (χ3n) is 2.55. The maximum atomic E-state index is 11.7. The maximum absolute atomic E-state index is 11.7. The Balaban J connectivity index is 2.30. The fourth-order valence-electron chi connectivity index (χ4n) is 1.69. The van der Waals surface area contributed by atoms with Crippen molar-refractivity contribution in [1.29, 1.82) is 5.26 Å². The lowest BCUT2D eigenvalue weighted by Gasteiger charge is -1.97. The van der Waals surface area contributed by atoms with Gasteiger partial charge in [0, 0.05) is 5.56 Å². The molecule has 92 valence electrons. The van der Waals surface area contributed by atoms with Gasteiger partial charge in [-0.3, -0.25) is 0 Å². The molecule has 0 N–H and O–H groups in total. The summed E-state index contributed by atoms with van der Waals surface area (Å²) in [5.74, 6) is -0.122. The molecular weight excluding hydrogens is 234 g/mol. The van der Waals surface area contributed by atoms with Gasteiger partial charge >= 0.3 is 11.9 Å². The van der Waals surface area contributed by atoms with Crippen LogP contribution in [0.5, 0.6) is 5.95 Å². The van der Waals surface area contributed by atoms with Gasteiger partial charge in [0.25, 0.3) is 0 Å². The molecular formula is C13H11NO4. The van der Waals surface area contributed by atoms with Crippen molar-refractivity contribution in [3.05, 3.63) is 41.0 Å². The third kappa shape index (κ3) is 2.00. The molecule has 0 amide bonds. The number of nitriles is 1. The number of ether oxygens (including phenoxy) is 1. The molecule has 0 bridgehead atoms. The Morgan fingerprint density at radius 3 is 2.89 bits per heavy atom. The number of furan rings is 2. The lowest BCUT2D eigenvalue weighted by Crippen LogP contribution is -2.07. The average molecular weight is 245 g/mol. The van der Waals surface area contributed by atoms with Gasteiger partial charge in [0.1, 0.15) is 17.4 Å². The van der Waals surface area contributed by atoms with Crippen LogP contribution < -0.4 is 4.74 Å².